The number of nitrogens with two attached hydrogens (primary N) is 1. The van der Waals surface area contributed by atoms with Crippen molar-refractivity contribution in [2.24, 2.45) is 0 Å². The Morgan fingerprint density at radius 1 is 0.727 bits per heavy atom. The predicted octanol–water partition coefficient (Wildman–Crippen LogP) is 8.66. The van der Waals surface area contributed by atoms with E-state index < -0.39 is 17.8 Å². The van der Waals surface area contributed by atoms with E-state index in [9.17, 15) is 19.5 Å². The van der Waals surface area contributed by atoms with Crippen LogP contribution in [0.2, 0.25) is 0 Å². The van der Waals surface area contributed by atoms with Crippen molar-refractivity contribution in [1.82, 2.24) is 0 Å². The van der Waals surface area contributed by atoms with Gasteiger partial charge in [-0.15, -0.1) is 0 Å². The monoisotopic (exact) mass is 602 g/mol. The predicted molar refractivity (Wildman–Crippen MR) is 174 cm³/mol. The van der Waals surface area contributed by atoms with E-state index in [2.05, 4.69) is 12.2 Å². The lowest BCUT2D eigenvalue weighted by Crippen LogP contribution is -2.18. The Kier molecular flexibility index (Phi) is 14.8. The molecule has 8 heteroatoms. The maximum absolute atomic E-state index is 13.2. The number of carbonyl (C=O) groups is 3. The van der Waals surface area contributed by atoms with Crippen molar-refractivity contribution in [3.05, 3.63) is 89.0 Å². The van der Waals surface area contributed by atoms with Crippen LogP contribution in [0.5, 0.6) is 5.75 Å². The van der Waals surface area contributed by atoms with E-state index in [1.54, 1.807) is 48.5 Å². The van der Waals surface area contributed by atoms with Gasteiger partial charge in [0.05, 0.1) is 23.4 Å². The first kappa shape index (κ1) is 34.2. The summed E-state index contributed by atoms with van der Waals surface area (Å²) in [4.78, 5) is 38.0. The fourth-order valence-corrected chi connectivity index (χ4v) is 5.04. The van der Waals surface area contributed by atoms with Gasteiger partial charge in [-0.2, -0.15) is 0 Å². The van der Waals surface area contributed by atoms with Crippen LogP contribution in [-0.2, 0) is 11.3 Å². The zero-order valence-corrected chi connectivity index (χ0v) is 25.8. The van der Waals surface area contributed by atoms with Crippen LogP contribution < -0.4 is 15.8 Å². The second-order valence-corrected chi connectivity index (χ2v) is 11.0. The molecular formula is C36H46N2O6. The quantitative estimate of drug-likeness (QED) is 0.0670. The molecule has 0 saturated heterocycles. The van der Waals surface area contributed by atoms with Crippen LogP contribution in [-0.4, -0.2) is 29.6 Å². The Morgan fingerprint density at radius 3 is 1.95 bits per heavy atom. The molecule has 3 aromatic rings. The summed E-state index contributed by atoms with van der Waals surface area (Å²) in [6, 6.07) is 17.9. The van der Waals surface area contributed by atoms with E-state index in [0.29, 0.717) is 12.3 Å². The average Bonchev–Trinajstić information content (AvgIpc) is 3.02. The molecule has 8 nitrogen and oxygen atoms in total. The number of aromatic carboxylic acids is 1. The second kappa shape index (κ2) is 19.1. The Balaban J connectivity index is 1.62. The van der Waals surface area contributed by atoms with Gasteiger partial charge in [0.15, 0.2) is 5.75 Å². The number of para-hydroxylation sites is 1. The molecule has 0 bridgehead atoms. The molecule has 3 aromatic carbocycles. The largest absolute Gasteiger partial charge is 0.490 e. The number of ether oxygens (including phenoxy) is 2. The molecule has 0 aliphatic heterocycles. The van der Waals surface area contributed by atoms with Gasteiger partial charge in [0.2, 0.25) is 0 Å². The molecule has 0 unspecified atom stereocenters. The topological polar surface area (TPSA) is 128 Å². The average molecular weight is 603 g/mol. The first-order chi connectivity index (χ1) is 21.4. The maximum Gasteiger partial charge on any atom is 0.342 e. The molecule has 0 saturated carbocycles. The summed E-state index contributed by atoms with van der Waals surface area (Å²) in [5.41, 5.74) is 7.45. The Labute approximate surface area is 261 Å². The lowest BCUT2D eigenvalue weighted by Gasteiger charge is -2.17. The van der Waals surface area contributed by atoms with Crippen molar-refractivity contribution >= 4 is 29.2 Å². The van der Waals surface area contributed by atoms with Crippen molar-refractivity contribution in [2.75, 3.05) is 17.7 Å². The third kappa shape index (κ3) is 11.4. The van der Waals surface area contributed by atoms with Gasteiger partial charge in [-0.3, -0.25) is 4.79 Å². The first-order valence-corrected chi connectivity index (χ1v) is 15.8. The van der Waals surface area contributed by atoms with Gasteiger partial charge in [-0.1, -0.05) is 108 Å². The molecule has 44 heavy (non-hydrogen) atoms. The summed E-state index contributed by atoms with van der Waals surface area (Å²) in [5, 5.41) is 12.3. The van der Waals surface area contributed by atoms with Gasteiger partial charge >= 0.3 is 11.9 Å². The van der Waals surface area contributed by atoms with Crippen LogP contribution in [0, 0.1) is 0 Å². The van der Waals surface area contributed by atoms with Crippen molar-refractivity contribution in [2.45, 2.75) is 90.6 Å². The number of carboxylic acid groups (broad SMARTS) is 1. The van der Waals surface area contributed by atoms with Crippen LogP contribution >= 0.6 is 0 Å². The normalized spacial score (nSPS) is 10.8. The van der Waals surface area contributed by atoms with Gasteiger partial charge in [0.1, 0.15) is 12.2 Å². The van der Waals surface area contributed by atoms with Crippen molar-refractivity contribution in [3.63, 3.8) is 0 Å². The van der Waals surface area contributed by atoms with E-state index in [1.807, 2.05) is 6.07 Å². The summed E-state index contributed by atoms with van der Waals surface area (Å²) < 4.78 is 11.7. The maximum atomic E-state index is 13.2. The minimum Gasteiger partial charge on any atom is -0.490 e. The number of anilines is 2. The number of nitrogen functional groups attached to an aromatic ring is 1. The smallest absolute Gasteiger partial charge is 0.342 e. The molecule has 236 valence electrons. The Morgan fingerprint density at radius 2 is 1.32 bits per heavy atom. The number of carbonyl (C=O) groups excluding carboxylic acids is 2. The summed E-state index contributed by atoms with van der Waals surface area (Å²) in [6.07, 6.45) is 14.5. The van der Waals surface area contributed by atoms with Crippen molar-refractivity contribution in [1.29, 1.82) is 0 Å². The number of nitrogens with one attached hydrogen (secondary N) is 1. The van der Waals surface area contributed by atoms with E-state index in [-0.39, 0.29) is 34.7 Å². The summed E-state index contributed by atoms with van der Waals surface area (Å²) >= 11 is 0. The number of hydrogen-bond donors (Lipinski definition) is 3. The van der Waals surface area contributed by atoms with E-state index >= 15 is 0 Å². The standard InChI is InChI=1S/C36H46N2O6/c1-2-3-4-5-6-7-8-9-10-11-12-15-24-43-33-31(36(42)44-26-27-18-16-19-28(37)25-27)22-17-23-32(33)38-34(39)29-20-13-14-21-30(29)35(40)41/h13-14,16-23,25H,2-12,15,24,26,37H2,1H3,(H,38,39)(H,40,41). The molecule has 4 N–H and O–H groups in total. The van der Waals surface area contributed by atoms with Crippen molar-refractivity contribution < 1.29 is 29.0 Å². The molecule has 0 atom stereocenters. The molecule has 1 amide bonds. The number of esters is 1. The third-order valence-corrected chi connectivity index (χ3v) is 7.45. The van der Waals surface area contributed by atoms with Gasteiger partial charge < -0.3 is 25.6 Å². The number of unbranched alkanes of at least 4 members (excludes halogenated alkanes) is 11. The number of hydrogen-bond acceptors (Lipinski definition) is 6. The van der Waals surface area contributed by atoms with Crippen LogP contribution in [0.1, 0.15) is 121 Å². The van der Waals surface area contributed by atoms with Gasteiger partial charge in [-0.05, 0) is 48.4 Å². The molecule has 0 radical (unpaired) electrons. The summed E-state index contributed by atoms with van der Waals surface area (Å²) in [6.45, 7) is 2.61. The number of amides is 1. The van der Waals surface area contributed by atoms with Crippen LogP contribution in [0.15, 0.2) is 66.7 Å². The van der Waals surface area contributed by atoms with Crippen molar-refractivity contribution in [3.8, 4) is 5.75 Å². The Bertz CT molecular complexity index is 1360. The first-order valence-electron chi connectivity index (χ1n) is 15.8. The van der Waals surface area contributed by atoms with Gasteiger partial charge in [-0.25, -0.2) is 9.59 Å². The number of benzene rings is 3. The molecule has 0 fully saturated rings. The Hall–Kier alpha value is -4.33. The summed E-state index contributed by atoms with van der Waals surface area (Å²) in [5.74, 6) is -2.25. The highest BCUT2D eigenvalue weighted by atomic mass is 16.5. The molecule has 0 aliphatic carbocycles. The highest BCUT2D eigenvalue weighted by Gasteiger charge is 2.22. The minimum absolute atomic E-state index is 0.00144. The second-order valence-electron chi connectivity index (χ2n) is 11.0. The molecule has 0 aromatic heterocycles. The summed E-state index contributed by atoms with van der Waals surface area (Å²) in [7, 11) is 0. The zero-order valence-electron chi connectivity index (χ0n) is 25.8. The fourth-order valence-electron chi connectivity index (χ4n) is 5.04. The molecule has 0 aliphatic rings. The highest BCUT2D eigenvalue weighted by molar-refractivity contribution is 6.11. The molecule has 0 heterocycles. The molecular weight excluding hydrogens is 556 g/mol. The zero-order chi connectivity index (χ0) is 31.6. The minimum atomic E-state index is -1.21. The van der Waals surface area contributed by atoms with E-state index in [0.717, 1.165) is 24.8 Å². The van der Waals surface area contributed by atoms with Gasteiger partial charge in [0, 0.05) is 5.69 Å². The van der Waals surface area contributed by atoms with E-state index in [1.165, 1.54) is 69.9 Å². The number of rotatable bonds is 20. The third-order valence-electron chi connectivity index (χ3n) is 7.45. The molecule has 0 spiro atoms. The fraction of sp³-hybridized carbons (Fsp3) is 0.417. The lowest BCUT2D eigenvalue weighted by atomic mass is 10.1. The number of carboxylic acids is 1. The van der Waals surface area contributed by atoms with Crippen LogP contribution in [0.4, 0.5) is 11.4 Å². The van der Waals surface area contributed by atoms with Crippen LogP contribution in [0.3, 0.4) is 0 Å². The van der Waals surface area contributed by atoms with E-state index in [4.69, 9.17) is 15.2 Å². The highest BCUT2D eigenvalue weighted by Crippen LogP contribution is 2.31. The van der Waals surface area contributed by atoms with Crippen LogP contribution in [0.25, 0.3) is 0 Å². The SMILES string of the molecule is CCCCCCCCCCCCCCOc1c(NC(=O)c2ccccc2C(=O)O)cccc1C(=O)OCc1cccc(N)c1. The molecule has 3 rings (SSSR count). The van der Waals surface area contributed by atoms with Gasteiger partial charge in [0.25, 0.3) is 5.91 Å². The lowest BCUT2D eigenvalue weighted by molar-refractivity contribution is 0.0467.